The standard InChI is InChI=1S/C13H19F2N/c1-10(2)8-16-9-13(14,15)12-6-4-5-11(3)7-12/h4-7,10,16H,8-9H2,1-3H3. The first-order valence-electron chi connectivity index (χ1n) is 5.57. The highest BCUT2D eigenvalue weighted by Crippen LogP contribution is 2.27. The minimum Gasteiger partial charge on any atom is -0.311 e. The highest BCUT2D eigenvalue weighted by Gasteiger charge is 2.30. The Kier molecular flexibility index (Phi) is 4.42. The SMILES string of the molecule is Cc1cccc(C(F)(F)CNCC(C)C)c1. The molecule has 0 aliphatic heterocycles. The minimum absolute atomic E-state index is 0.0868. The molecule has 1 aromatic rings. The molecule has 0 bridgehead atoms. The van der Waals surface area contributed by atoms with E-state index < -0.39 is 5.92 Å². The van der Waals surface area contributed by atoms with Gasteiger partial charge in [-0.05, 0) is 19.4 Å². The van der Waals surface area contributed by atoms with E-state index in [-0.39, 0.29) is 12.1 Å². The van der Waals surface area contributed by atoms with Crippen molar-refractivity contribution < 1.29 is 8.78 Å². The van der Waals surface area contributed by atoms with E-state index >= 15 is 0 Å². The van der Waals surface area contributed by atoms with Crippen LogP contribution in [0.25, 0.3) is 0 Å². The Morgan fingerprint density at radius 2 is 2.00 bits per heavy atom. The van der Waals surface area contributed by atoms with Crippen LogP contribution in [0.4, 0.5) is 8.78 Å². The molecule has 16 heavy (non-hydrogen) atoms. The number of hydrogen-bond donors (Lipinski definition) is 1. The number of benzene rings is 1. The second-order valence-corrected chi connectivity index (χ2v) is 4.60. The molecule has 0 unspecified atom stereocenters. The number of nitrogens with one attached hydrogen (secondary N) is 1. The molecule has 1 N–H and O–H groups in total. The van der Waals surface area contributed by atoms with Crippen molar-refractivity contribution in [2.24, 2.45) is 5.92 Å². The monoisotopic (exact) mass is 227 g/mol. The van der Waals surface area contributed by atoms with E-state index in [4.69, 9.17) is 0 Å². The second-order valence-electron chi connectivity index (χ2n) is 4.60. The zero-order chi connectivity index (χ0) is 12.2. The van der Waals surface area contributed by atoms with E-state index in [1.165, 1.54) is 12.1 Å². The molecule has 1 nitrogen and oxygen atoms in total. The summed E-state index contributed by atoms with van der Waals surface area (Å²) in [4.78, 5) is 0. The smallest absolute Gasteiger partial charge is 0.285 e. The van der Waals surface area contributed by atoms with E-state index in [2.05, 4.69) is 5.32 Å². The van der Waals surface area contributed by atoms with Crippen LogP contribution in [0.5, 0.6) is 0 Å². The molecule has 0 heterocycles. The third-order valence-corrected chi connectivity index (χ3v) is 2.34. The molecule has 3 heteroatoms. The van der Waals surface area contributed by atoms with Crippen LogP contribution in [0, 0.1) is 12.8 Å². The van der Waals surface area contributed by atoms with E-state index in [9.17, 15) is 8.78 Å². The number of aryl methyl sites for hydroxylation is 1. The first-order chi connectivity index (χ1) is 7.42. The van der Waals surface area contributed by atoms with Crippen molar-refractivity contribution in [2.75, 3.05) is 13.1 Å². The average Bonchev–Trinajstić information content (AvgIpc) is 2.16. The summed E-state index contributed by atoms with van der Waals surface area (Å²) in [7, 11) is 0. The molecular formula is C13H19F2N. The van der Waals surface area contributed by atoms with Crippen LogP contribution in [-0.4, -0.2) is 13.1 Å². The van der Waals surface area contributed by atoms with Crippen molar-refractivity contribution in [3.63, 3.8) is 0 Å². The minimum atomic E-state index is -2.79. The third kappa shape index (κ3) is 3.89. The first kappa shape index (κ1) is 13.1. The summed E-state index contributed by atoms with van der Waals surface area (Å²) in [5, 5.41) is 2.79. The predicted octanol–water partition coefficient (Wildman–Crippen LogP) is 3.33. The lowest BCUT2D eigenvalue weighted by molar-refractivity contribution is -0.00358. The van der Waals surface area contributed by atoms with Gasteiger partial charge in [0.25, 0.3) is 5.92 Å². The van der Waals surface area contributed by atoms with Gasteiger partial charge in [0, 0.05) is 5.56 Å². The Morgan fingerprint density at radius 1 is 1.31 bits per heavy atom. The van der Waals surface area contributed by atoms with Gasteiger partial charge in [0.2, 0.25) is 0 Å². The van der Waals surface area contributed by atoms with E-state index in [0.29, 0.717) is 12.5 Å². The average molecular weight is 227 g/mol. The molecule has 0 atom stereocenters. The fourth-order valence-electron chi connectivity index (χ4n) is 1.49. The summed E-state index contributed by atoms with van der Waals surface area (Å²) in [5.74, 6) is -2.41. The lowest BCUT2D eigenvalue weighted by Gasteiger charge is -2.18. The number of alkyl halides is 2. The molecule has 1 aromatic carbocycles. The lowest BCUT2D eigenvalue weighted by atomic mass is 10.1. The fourth-order valence-corrected chi connectivity index (χ4v) is 1.49. The Balaban J connectivity index is 2.62. The molecule has 0 aliphatic rings. The zero-order valence-electron chi connectivity index (χ0n) is 10.1. The predicted molar refractivity (Wildman–Crippen MR) is 62.8 cm³/mol. The summed E-state index contributed by atoms with van der Waals surface area (Å²) in [6, 6.07) is 6.50. The molecule has 0 spiro atoms. The number of halogens is 2. The summed E-state index contributed by atoms with van der Waals surface area (Å²) in [6.45, 7) is 6.13. The van der Waals surface area contributed by atoms with Crippen LogP contribution in [-0.2, 0) is 5.92 Å². The molecule has 0 aromatic heterocycles. The van der Waals surface area contributed by atoms with Gasteiger partial charge in [-0.15, -0.1) is 0 Å². The van der Waals surface area contributed by atoms with Crippen molar-refractivity contribution in [1.82, 2.24) is 5.32 Å². The molecule has 0 fully saturated rings. The van der Waals surface area contributed by atoms with Crippen LogP contribution in [0.3, 0.4) is 0 Å². The van der Waals surface area contributed by atoms with Gasteiger partial charge in [0.15, 0.2) is 0 Å². The van der Waals surface area contributed by atoms with Crippen LogP contribution < -0.4 is 5.32 Å². The molecule has 0 saturated carbocycles. The van der Waals surface area contributed by atoms with Gasteiger partial charge < -0.3 is 5.32 Å². The van der Waals surface area contributed by atoms with Crippen LogP contribution in [0.1, 0.15) is 25.0 Å². The molecular weight excluding hydrogens is 208 g/mol. The Labute approximate surface area is 95.9 Å². The van der Waals surface area contributed by atoms with Gasteiger partial charge in [0.1, 0.15) is 0 Å². The summed E-state index contributed by atoms with van der Waals surface area (Å²) in [5.41, 5.74) is 0.949. The first-order valence-corrected chi connectivity index (χ1v) is 5.57. The van der Waals surface area contributed by atoms with Gasteiger partial charge in [-0.1, -0.05) is 43.7 Å². The maximum Gasteiger partial charge on any atom is 0.285 e. The lowest BCUT2D eigenvalue weighted by Crippen LogP contribution is -2.32. The molecule has 0 radical (unpaired) electrons. The van der Waals surface area contributed by atoms with Gasteiger partial charge in [-0.3, -0.25) is 0 Å². The summed E-state index contributed by atoms with van der Waals surface area (Å²) < 4.78 is 27.4. The Hall–Kier alpha value is -0.960. The van der Waals surface area contributed by atoms with Crippen LogP contribution >= 0.6 is 0 Å². The maximum atomic E-state index is 13.7. The molecule has 0 amide bonds. The molecule has 0 aliphatic carbocycles. The molecule has 90 valence electrons. The Bertz CT molecular complexity index is 334. The van der Waals surface area contributed by atoms with Crippen molar-refractivity contribution in [3.05, 3.63) is 35.4 Å². The number of rotatable bonds is 5. The van der Waals surface area contributed by atoms with Gasteiger partial charge in [0.05, 0.1) is 6.54 Å². The highest BCUT2D eigenvalue weighted by atomic mass is 19.3. The third-order valence-electron chi connectivity index (χ3n) is 2.34. The largest absolute Gasteiger partial charge is 0.311 e. The van der Waals surface area contributed by atoms with Crippen molar-refractivity contribution in [2.45, 2.75) is 26.7 Å². The Morgan fingerprint density at radius 3 is 2.56 bits per heavy atom. The number of hydrogen-bond acceptors (Lipinski definition) is 1. The molecule has 0 saturated heterocycles. The van der Waals surface area contributed by atoms with E-state index in [1.54, 1.807) is 6.07 Å². The normalized spacial score (nSPS) is 12.1. The highest BCUT2D eigenvalue weighted by molar-refractivity contribution is 5.26. The second kappa shape index (κ2) is 5.39. The quantitative estimate of drug-likeness (QED) is 0.813. The topological polar surface area (TPSA) is 12.0 Å². The van der Waals surface area contributed by atoms with Gasteiger partial charge in [-0.25, -0.2) is 0 Å². The zero-order valence-corrected chi connectivity index (χ0v) is 10.1. The van der Waals surface area contributed by atoms with Crippen LogP contribution in [0.15, 0.2) is 24.3 Å². The fraction of sp³-hybridized carbons (Fsp3) is 0.538. The summed E-state index contributed by atoms with van der Waals surface area (Å²) >= 11 is 0. The van der Waals surface area contributed by atoms with Crippen LogP contribution in [0.2, 0.25) is 0 Å². The van der Waals surface area contributed by atoms with E-state index in [0.717, 1.165) is 5.56 Å². The van der Waals surface area contributed by atoms with Crippen molar-refractivity contribution in [1.29, 1.82) is 0 Å². The summed E-state index contributed by atoms with van der Waals surface area (Å²) in [6.07, 6.45) is 0. The molecule has 1 rings (SSSR count). The van der Waals surface area contributed by atoms with E-state index in [1.807, 2.05) is 26.8 Å². The van der Waals surface area contributed by atoms with Gasteiger partial charge in [-0.2, -0.15) is 8.78 Å². The van der Waals surface area contributed by atoms with Crippen molar-refractivity contribution in [3.8, 4) is 0 Å². The maximum absolute atomic E-state index is 13.7. The van der Waals surface area contributed by atoms with Crippen molar-refractivity contribution >= 4 is 0 Å². The van der Waals surface area contributed by atoms with Gasteiger partial charge >= 0.3 is 0 Å².